The number of esters is 1. The van der Waals surface area contributed by atoms with Crippen LogP contribution in [0.4, 0.5) is 4.53 Å². The van der Waals surface area contributed by atoms with Gasteiger partial charge in [0.2, 0.25) is 0 Å². The predicted octanol–water partition coefficient (Wildman–Crippen LogP) is 1.51. The maximum Gasteiger partial charge on any atom is 0.379 e. The molecule has 74 valence electrons. The molecule has 4 nitrogen and oxygen atoms in total. The van der Waals surface area contributed by atoms with Crippen LogP contribution in [0.15, 0.2) is 24.3 Å². The molecule has 0 amide bonds. The van der Waals surface area contributed by atoms with Gasteiger partial charge < -0.3 is 4.74 Å². The monoisotopic (exact) mass is 198 g/mol. The molecule has 0 N–H and O–H groups in total. The van der Waals surface area contributed by atoms with Crippen LogP contribution in [0.1, 0.15) is 20.7 Å². The molecule has 0 unspecified atom stereocenters. The lowest BCUT2D eigenvalue weighted by molar-refractivity contribution is -0.0788. The molecule has 0 saturated heterocycles. The molecule has 0 aliphatic carbocycles. The molecule has 1 aromatic carbocycles. The van der Waals surface area contributed by atoms with Crippen LogP contribution in [-0.2, 0) is 9.68 Å². The van der Waals surface area contributed by atoms with Gasteiger partial charge in [0.25, 0.3) is 0 Å². The highest BCUT2D eigenvalue weighted by atomic mass is 19.3. The lowest BCUT2D eigenvalue weighted by Crippen LogP contribution is -2.04. The number of carbonyl (C=O) groups excluding carboxylic acids is 2. The first-order valence-electron chi connectivity index (χ1n) is 3.70. The van der Waals surface area contributed by atoms with E-state index in [1.54, 1.807) is 0 Å². The first-order chi connectivity index (χ1) is 6.69. The fourth-order valence-electron chi connectivity index (χ4n) is 0.936. The van der Waals surface area contributed by atoms with Crippen molar-refractivity contribution in [1.82, 2.24) is 0 Å². The molecule has 0 aromatic heterocycles. The largest absolute Gasteiger partial charge is 0.465 e. The molecular formula is C9H7FO4. The van der Waals surface area contributed by atoms with Gasteiger partial charge in [-0.25, -0.2) is 14.5 Å². The van der Waals surface area contributed by atoms with Crippen LogP contribution in [-0.4, -0.2) is 19.0 Å². The van der Waals surface area contributed by atoms with E-state index in [0.717, 1.165) is 0 Å². The highest BCUT2D eigenvalue weighted by Gasteiger charge is 2.11. The zero-order valence-corrected chi connectivity index (χ0v) is 7.32. The lowest BCUT2D eigenvalue weighted by atomic mass is 10.1. The SMILES string of the molecule is COC(=O)c1cccc(C(=O)OF)c1. The highest BCUT2D eigenvalue weighted by Crippen LogP contribution is 2.08. The third kappa shape index (κ3) is 2.07. The van der Waals surface area contributed by atoms with E-state index in [-0.39, 0.29) is 11.1 Å². The Morgan fingerprint density at radius 2 is 1.79 bits per heavy atom. The molecular weight excluding hydrogens is 191 g/mol. The fourth-order valence-corrected chi connectivity index (χ4v) is 0.936. The Labute approximate surface area is 79.1 Å². The van der Waals surface area contributed by atoms with E-state index in [1.807, 2.05) is 0 Å². The van der Waals surface area contributed by atoms with Gasteiger partial charge in [0, 0.05) is 4.53 Å². The summed E-state index contributed by atoms with van der Waals surface area (Å²) >= 11 is 0. The molecule has 0 fully saturated rings. The van der Waals surface area contributed by atoms with Crippen LogP contribution in [0.3, 0.4) is 0 Å². The molecule has 0 saturated carbocycles. The molecule has 1 aromatic rings. The molecule has 5 heteroatoms. The smallest absolute Gasteiger partial charge is 0.379 e. The van der Waals surface area contributed by atoms with E-state index in [4.69, 9.17) is 0 Å². The van der Waals surface area contributed by atoms with Crippen LogP contribution in [0.2, 0.25) is 0 Å². The van der Waals surface area contributed by atoms with Crippen LogP contribution in [0.25, 0.3) is 0 Å². The summed E-state index contributed by atoms with van der Waals surface area (Å²) in [7, 11) is 1.21. The first-order valence-corrected chi connectivity index (χ1v) is 3.70. The average molecular weight is 198 g/mol. The zero-order chi connectivity index (χ0) is 10.6. The van der Waals surface area contributed by atoms with Gasteiger partial charge in [-0.3, -0.25) is 0 Å². The molecule has 0 aliphatic heterocycles. The Morgan fingerprint density at radius 1 is 1.21 bits per heavy atom. The first kappa shape index (κ1) is 10.2. The number of rotatable bonds is 2. The molecule has 0 spiro atoms. The summed E-state index contributed by atoms with van der Waals surface area (Å²) in [5, 5.41) is 0. The summed E-state index contributed by atoms with van der Waals surface area (Å²) in [6.45, 7) is 0. The van der Waals surface area contributed by atoms with Crippen molar-refractivity contribution in [3.05, 3.63) is 35.4 Å². The minimum atomic E-state index is -1.14. The molecule has 0 radical (unpaired) electrons. The van der Waals surface area contributed by atoms with Crippen molar-refractivity contribution in [2.24, 2.45) is 0 Å². The van der Waals surface area contributed by atoms with Gasteiger partial charge in [-0.05, 0) is 18.2 Å². The summed E-state index contributed by atoms with van der Waals surface area (Å²) < 4.78 is 15.9. The fraction of sp³-hybridized carbons (Fsp3) is 0.111. The summed E-state index contributed by atoms with van der Waals surface area (Å²) in [6.07, 6.45) is 0. The van der Waals surface area contributed by atoms with Gasteiger partial charge >= 0.3 is 11.9 Å². The number of benzene rings is 1. The lowest BCUT2D eigenvalue weighted by Gasteiger charge is -1.99. The molecule has 14 heavy (non-hydrogen) atoms. The number of carbonyl (C=O) groups is 2. The Bertz CT molecular complexity index is 330. The minimum Gasteiger partial charge on any atom is -0.465 e. The number of halogens is 1. The quantitative estimate of drug-likeness (QED) is 0.676. The standard InChI is InChI=1S/C9H7FO4/c1-13-8(11)6-3-2-4-7(5-6)9(12)14-10/h2-5H,1H3. The average Bonchev–Trinajstić information content (AvgIpc) is 2.27. The van der Waals surface area contributed by atoms with Gasteiger partial charge in [0.1, 0.15) is 0 Å². The topological polar surface area (TPSA) is 52.6 Å². The van der Waals surface area contributed by atoms with E-state index in [9.17, 15) is 14.1 Å². The van der Waals surface area contributed by atoms with Gasteiger partial charge in [0.15, 0.2) is 0 Å². The third-order valence-corrected chi connectivity index (χ3v) is 1.59. The maximum atomic E-state index is 11.5. The van der Waals surface area contributed by atoms with E-state index in [1.165, 1.54) is 31.4 Å². The van der Waals surface area contributed by atoms with E-state index < -0.39 is 11.9 Å². The maximum absolute atomic E-state index is 11.5. The number of ether oxygens (including phenoxy) is 1. The Kier molecular flexibility index (Phi) is 3.17. The van der Waals surface area contributed by atoms with Gasteiger partial charge in [-0.2, -0.15) is 0 Å². The van der Waals surface area contributed by atoms with Crippen molar-refractivity contribution < 1.29 is 23.8 Å². The Hall–Kier alpha value is -1.91. The van der Waals surface area contributed by atoms with E-state index >= 15 is 0 Å². The van der Waals surface area contributed by atoms with Crippen molar-refractivity contribution >= 4 is 11.9 Å². The van der Waals surface area contributed by atoms with Crippen LogP contribution in [0.5, 0.6) is 0 Å². The summed E-state index contributed by atoms with van der Waals surface area (Å²) in [6, 6.07) is 5.39. The number of hydrogen-bond acceptors (Lipinski definition) is 4. The van der Waals surface area contributed by atoms with Crippen molar-refractivity contribution in [2.45, 2.75) is 0 Å². The van der Waals surface area contributed by atoms with E-state index in [2.05, 4.69) is 9.68 Å². The highest BCUT2D eigenvalue weighted by molar-refractivity contribution is 5.94. The third-order valence-electron chi connectivity index (χ3n) is 1.59. The van der Waals surface area contributed by atoms with Crippen molar-refractivity contribution in [1.29, 1.82) is 0 Å². The molecule has 0 aliphatic rings. The second-order valence-corrected chi connectivity index (χ2v) is 2.44. The minimum absolute atomic E-state index is 0.0459. The summed E-state index contributed by atoms with van der Waals surface area (Å²) in [5.41, 5.74) is 0.116. The van der Waals surface area contributed by atoms with Crippen molar-refractivity contribution in [3.8, 4) is 0 Å². The number of hydrogen-bond donors (Lipinski definition) is 0. The van der Waals surface area contributed by atoms with Gasteiger partial charge in [-0.1, -0.05) is 6.07 Å². The van der Waals surface area contributed by atoms with Crippen molar-refractivity contribution in [3.63, 3.8) is 0 Å². The van der Waals surface area contributed by atoms with Crippen LogP contribution in [0, 0.1) is 0 Å². The van der Waals surface area contributed by atoms with Crippen LogP contribution >= 0.6 is 0 Å². The van der Waals surface area contributed by atoms with Crippen molar-refractivity contribution in [2.75, 3.05) is 7.11 Å². The Balaban J connectivity index is 3.01. The summed E-state index contributed by atoms with van der Waals surface area (Å²) in [4.78, 5) is 24.7. The normalized spacial score (nSPS) is 9.29. The molecule has 0 bridgehead atoms. The molecule has 0 heterocycles. The molecule has 0 atom stereocenters. The Morgan fingerprint density at radius 3 is 2.29 bits per heavy atom. The number of methoxy groups -OCH3 is 1. The van der Waals surface area contributed by atoms with Crippen LogP contribution < -0.4 is 0 Å². The zero-order valence-electron chi connectivity index (χ0n) is 7.32. The summed E-state index contributed by atoms with van der Waals surface area (Å²) in [5.74, 6) is -1.74. The van der Waals surface area contributed by atoms with Gasteiger partial charge in [0.05, 0.1) is 18.2 Å². The second-order valence-electron chi connectivity index (χ2n) is 2.44. The predicted molar refractivity (Wildman–Crippen MR) is 44.3 cm³/mol. The second kappa shape index (κ2) is 4.36. The van der Waals surface area contributed by atoms with Gasteiger partial charge in [-0.15, -0.1) is 0 Å². The van der Waals surface area contributed by atoms with E-state index in [0.29, 0.717) is 0 Å². The molecule has 1 rings (SSSR count).